The zero-order chi connectivity index (χ0) is 23.3. The molecule has 0 aromatic rings. The van der Waals surface area contributed by atoms with Crippen LogP contribution in [0, 0.1) is 0 Å². The summed E-state index contributed by atoms with van der Waals surface area (Å²) in [6.07, 6.45) is 19.4. The molecule has 6 heteroatoms. The van der Waals surface area contributed by atoms with Gasteiger partial charge in [-0.2, -0.15) is 0 Å². The number of carbonyl (C=O) groups excluding carboxylic acids is 1. The normalized spacial score (nSPS) is 13.6. The molecule has 0 radical (unpaired) electrons. The minimum atomic E-state index is -1.93. The van der Waals surface area contributed by atoms with Crippen LogP contribution in [-0.2, 0) is 14.1 Å². The van der Waals surface area contributed by atoms with E-state index in [1.54, 1.807) is 0 Å². The Bertz CT molecular complexity index is 481. The number of hydrogen-bond donors (Lipinski definition) is 2. The van der Waals surface area contributed by atoms with Gasteiger partial charge >= 0.3 is 19.6 Å². The van der Waals surface area contributed by atoms with E-state index in [-0.39, 0.29) is 5.57 Å². The van der Waals surface area contributed by atoms with Crippen LogP contribution in [0.15, 0.2) is 12.2 Å². The first-order chi connectivity index (χ1) is 14.9. The third kappa shape index (κ3) is 17.5. The maximum atomic E-state index is 12.4. The molecule has 0 saturated carbocycles. The van der Waals surface area contributed by atoms with E-state index in [1.807, 2.05) is 0 Å². The van der Waals surface area contributed by atoms with Crippen LogP contribution in [0.5, 0.6) is 0 Å². The lowest BCUT2D eigenvalue weighted by molar-refractivity contribution is -0.145. The number of aliphatic hydroxyl groups is 2. The molecule has 0 fully saturated rings. The van der Waals surface area contributed by atoms with Gasteiger partial charge in [-0.25, -0.2) is 4.79 Å². The summed E-state index contributed by atoms with van der Waals surface area (Å²) in [7, 11) is -1.93. The lowest BCUT2D eigenvalue weighted by Gasteiger charge is -2.13. The number of hydrogen-bond acceptors (Lipinski definition) is 5. The Labute approximate surface area is 191 Å². The van der Waals surface area contributed by atoms with Crippen molar-refractivity contribution in [2.75, 3.05) is 12.8 Å². The van der Waals surface area contributed by atoms with Gasteiger partial charge in [0.1, 0.15) is 6.16 Å². The van der Waals surface area contributed by atoms with E-state index in [1.165, 1.54) is 90.4 Å². The van der Waals surface area contributed by atoms with E-state index in [9.17, 15) is 14.5 Å². The Kier molecular flexibility index (Phi) is 20.6. The molecule has 0 rings (SSSR count). The molecular weight excluding hydrogens is 411 g/mol. The lowest BCUT2D eigenvalue weighted by atomic mass is 10.0. The van der Waals surface area contributed by atoms with Crippen molar-refractivity contribution in [3.63, 3.8) is 0 Å². The molecule has 0 saturated heterocycles. The summed E-state index contributed by atoms with van der Waals surface area (Å²) >= 11 is 0. The van der Waals surface area contributed by atoms with E-state index in [0.29, 0.717) is 6.16 Å². The van der Waals surface area contributed by atoms with Crippen LogP contribution in [0.4, 0.5) is 0 Å². The second-order valence-corrected chi connectivity index (χ2v) is 10.6. The molecule has 0 aliphatic carbocycles. The van der Waals surface area contributed by atoms with E-state index in [4.69, 9.17) is 9.84 Å². The van der Waals surface area contributed by atoms with Gasteiger partial charge in [-0.05, 0) is 19.8 Å². The summed E-state index contributed by atoms with van der Waals surface area (Å²) in [5, 5.41) is 18.9. The minimum Gasteiger partial charge on any atom is -0.410 e. The quantitative estimate of drug-likeness (QED) is 0.0798. The van der Waals surface area contributed by atoms with Gasteiger partial charge in [-0.15, -0.1) is 0 Å². The maximum Gasteiger partial charge on any atom is 0.385 e. The van der Waals surface area contributed by atoms with Gasteiger partial charge in [0.05, 0.1) is 6.61 Å². The number of esters is 1. The van der Waals surface area contributed by atoms with Crippen molar-refractivity contribution in [1.29, 1.82) is 0 Å². The summed E-state index contributed by atoms with van der Waals surface area (Å²) in [5.41, 5.74) is 0.181. The molecule has 0 amide bonds. The lowest BCUT2D eigenvalue weighted by Crippen LogP contribution is -2.32. The molecule has 5 nitrogen and oxygen atoms in total. The first-order valence-electron chi connectivity index (χ1n) is 12.5. The number of unbranched alkanes of at least 4 members (excludes halogenated alkanes) is 15. The third-order valence-electron chi connectivity index (χ3n) is 5.61. The molecule has 0 aliphatic rings. The zero-order valence-electron chi connectivity index (χ0n) is 20.2. The summed E-state index contributed by atoms with van der Waals surface area (Å²) in [4.78, 5) is 11.7. The van der Waals surface area contributed by atoms with Gasteiger partial charge in [0.15, 0.2) is 6.10 Å². The van der Waals surface area contributed by atoms with E-state index >= 15 is 0 Å². The van der Waals surface area contributed by atoms with Gasteiger partial charge in [-0.1, -0.05) is 108 Å². The van der Waals surface area contributed by atoms with Crippen LogP contribution in [-0.4, -0.2) is 40.9 Å². The topological polar surface area (TPSA) is 83.8 Å². The van der Waals surface area contributed by atoms with Gasteiger partial charge in [-0.3, -0.25) is 0 Å². The largest absolute Gasteiger partial charge is 0.410 e. The fraction of sp³-hybridized carbons (Fsp3) is 0.880. The number of aliphatic hydroxyl groups excluding tert-OH is 2. The molecular formula is C25H48O5P+. The highest BCUT2D eigenvalue weighted by Gasteiger charge is 2.39. The Balaban J connectivity index is 3.64. The van der Waals surface area contributed by atoms with Crippen LogP contribution in [0.1, 0.15) is 117 Å². The predicted molar refractivity (Wildman–Crippen MR) is 130 cm³/mol. The second kappa shape index (κ2) is 21.1. The van der Waals surface area contributed by atoms with Crippen molar-refractivity contribution in [2.45, 2.75) is 129 Å². The van der Waals surface area contributed by atoms with Crippen molar-refractivity contribution >= 4 is 13.8 Å². The fourth-order valence-electron chi connectivity index (χ4n) is 3.57. The first-order valence-corrected chi connectivity index (χ1v) is 14.0. The molecule has 0 bridgehead atoms. The number of ether oxygens (including phenoxy) is 1. The Morgan fingerprint density at radius 3 is 1.58 bits per heavy atom. The standard InChI is InChI=1S/C25H48O5P/c1-4-5-6-7-8-9-10-11-12-13-14-15-16-17-18-19-20-31(29)25(23(27)21-26)30-24(28)22(2)3/h23,25-27H,2,4-21H2,1,3H3/q+1. The highest BCUT2D eigenvalue weighted by Crippen LogP contribution is 2.33. The summed E-state index contributed by atoms with van der Waals surface area (Å²) in [6, 6.07) is 0. The second-order valence-electron chi connectivity index (χ2n) is 8.77. The molecule has 182 valence electrons. The molecule has 3 unspecified atom stereocenters. The van der Waals surface area contributed by atoms with Crippen LogP contribution < -0.4 is 0 Å². The number of rotatable bonds is 22. The molecule has 2 N–H and O–H groups in total. The highest BCUT2D eigenvalue weighted by atomic mass is 31.1. The van der Waals surface area contributed by atoms with Crippen LogP contribution >= 0.6 is 7.80 Å². The van der Waals surface area contributed by atoms with Crippen LogP contribution in [0.3, 0.4) is 0 Å². The Hall–Kier alpha value is -0.770. The highest BCUT2D eigenvalue weighted by molar-refractivity contribution is 7.45. The molecule has 0 heterocycles. The molecule has 0 aromatic carbocycles. The Morgan fingerprint density at radius 1 is 0.839 bits per heavy atom. The predicted octanol–water partition coefficient (Wildman–Crippen LogP) is 6.87. The van der Waals surface area contributed by atoms with Gasteiger partial charge in [0.2, 0.25) is 0 Å². The summed E-state index contributed by atoms with van der Waals surface area (Å²) in [5.74, 6) is -1.85. The maximum absolute atomic E-state index is 12.4. The molecule has 0 aromatic heterocycles. The summed E-state index contributed by atoms with van der Waals surface area (Å²) in [6.45, 7) is 6.65. The first kappa shape index (κ1) is 30.2. The van der Waals surface area contributed by atoms with Crippen molar-refractivity contribution < 1.29 is 24.3 Å². The monoisotopic (exact) mass is 459 g/mol. The van der Waals surface area contributed by atoms with Gasteiger partial charge in [0, 0.05) is 5.57 Å². The molecule has 0 spiro atoms. The van der Waals surface area contributed by atoms with Crippen molar-refractivity contribution in [1.82, 2.24) is 0 Å². The fourth-order valence-corrected chi connectivity index (χ4v) is 5.05. The van der Waals surface area contributed by atoms with Gasteiger partial charge < -0.3 is 14.9 Å². The van der Waals surface area contributed by atoms with Gasteiger partial charge in [0.25, 0.3) is 0 Å². The van der Waals surface area contributed by atoms with Crippen molar-refractivity contribution in [3.8, 4) is 0 Å². The van der Waals surface area contributed by atoms with Crippen LogP contribution in [0.2, 0.25) is 0 Å². The molecule has 3 atom stereocenters. The molecule has 31 heavy (non-hydrogen) atoms. The average molecular weight is 460 g/mol. The van der Waals surface area contributed by atoms with Crippen molar-refractivity contribution in [3.05, 3.63) is 12.2 Å². The SMILES string of the molecule is C=C(C)C(=O)OC(C(O)CO)[P+](=O)CCCCCCCCCCCCCCCCCC. The summed E-state index contributed by atoms with van der Waals surface area (Å²) < 4.78 is 17.5. The third-order valence-corrected chi connectivity index (χ3v) is 7.38. The average Bonchev–Trinajstić information content (AvgIpc) is 2.76. The smallest absolute Gasteiger partial charge is 0.385 e. The van der Waals surface area contributed by atoms with E-state index in [0.717, 1.165) is 19.3 Å². The minimum absolute atomic E-state index is 0.181. The zero-order valence-corrected chi connectivity index (χ0v) is 21.1. The van der Waals surface area contributed by atoms with E-state index in [2.05, 4.69) is 13.5 Å². The van der Waals surface area contributed by atoms with E-state index < -0.39 is 32.3 Å². The van der Waals surface area contributed by atoms with Crippen LogP contribution in [0.25, 0.3) is 0 Å². The van der Waals surface area contributed by atoms with Crippen molar-refractivity contribution in [2.24, 2.45) is 0 Å². The Morgan fingerprint density at radius 2 is 1.23 bits per heavy atom. The molecule has 0 aliphatic heterocycles. The number of carbonyl (C=O) groups is 1.